The number of benzene rings is 4. The van der Waals surface area contributed by atoms with Gasteiger partial charge in [-0.3, -0.25) is 0 Å². The molecule has 182 valence electrons. The Morgan fingerprint density at radius 3 is 1.26 bits per heavy atom. The molecule has 0 unspecified atom stereocenters. The minimum atomic E-state index is 0.964. The van der Waals surface area contributed by atoms with Crippen LogP contribution in [0.1, 0.15) is 44.5 Å². The van der Waals surface area contributed by atoms with Crippen molar-refractivity contribution >= 4 is 62.0 Å². The summed E-state index contributed by atoms with van der Waals surface area (Å²) in [5.74, 6) is 0. The maximum atomic E-state index is 5.28. The van der Waals surface area contributed by atoms with Gasteiger partial charge in [0.2, 0.25) is 0 Å². The van der Waals surface area contributed by atoms with Gasteiger partial charge in [-0.25, -0.2) is 9.98 Å². The first-order chi connectivity index (χ1) is 16.7. The number of rotatable bonds is 2. The molecular weight excluding hydrogens is 607 g/mol. The third-order valence-electron chi connectivity index (χ3n) is 6.36. The molecule has 4 aromatic rings. The summed E-state index contributed by atoms with van der Waals surface area (Å²) in [6.45, 7) is 12.9. The average molecular weight is 635 g/mol. The number of nitrogens with zero attached hydrogens (tertiary/aromatic N) is 2. The zero-order chi connectivity index (χ0) is 25.3. The number of aryl methyl sites for hydroxylation is 6. The molecule has 2 nitrogen and oxygen atoms in total. The predicted octanol–water partition coefficient (Wildman–Crippen LogP) is 9.63. The van der Waals surface area contributed by atoms with E-state index in [0.717, 1.165) is 22.8 Å². The normalized spacial score (nSPS) is 14.6. The second-order valence-corrected chi connectivity index (χ2v) is 14.2. The first kappa shape index (κ1) is 26.0. The van der Waals surface area contributed by atoms with Crippen molar-refractivity contribution in [3.8, 4) is 0 Å². The van der Waals surface area contributed by atoms with E-state index in [2.05, 4.69) is 131 Å². The molecule has 5 heteroatoms. The van der Waals surface area contributed by atoms with Gasteiger partial charge in [0.1, 0.15) is 0 Å². The van der Waals surface area contributed by atoms with Crippen LogP contribution in [-0.2, 0) is 10.9 Å². The molecule has 0 saturated carbocycles. The maximum absolute atomic E-state index is 5.28. The van der Waals surface area contributed by atoms with E-state index in [1.54, 1.807) is 0 Å². The Morgan fingerprint density at radius 2 is 0.914 bits per heavy atom. The first-order valence-electron chi connectivity index (χ1n) is 11.4. The Balaban J connectivity index is 0.000000917. The van der Waals surface area contributed by atoms with Crippen molar-refractivity contribution in [1.29, 1.82) is 0 Å². The molecule has 0 saturated heterocycles. The van der Waals surface area contributed by atoms with Gasteiger partial charge in [-0.1, -0.05) is 71.8 Å². The third kappa shape index (κ3) is 5.23. The second-order valence-electron chi connectivity index (χ2n) is 9.17. The van der Waals surface area contributed by atoms with Crippen LogP contribution in [0.15, 0.2) is 70.6 Å². The van der Waals surface area contributed by atoms with Crippen molar-refractivity contribution in [3.63, 3.8) is 0 Å². The molecule has 4 aromatic carbocycles. The zero-order valence-corrected chi connectivity index (χ0v) is 24.9. The molecule has 0 atom stereocenters. The van der Waals surface area contributed by atoms with Crippen LogP contribution in [-0.4, -0.2) is 11.4 Å². The number of halogens is 2. The van der Waals surface area contributed by atoms with Gasteiger partial charge in [0, 0.05) is 16.5 Å². The molecule has 0 aromatic heterocycles. The van der Waals surface area contributed by atoms with Gasteiger partial charge in [0.25, 0.3) is 0 Å². The Bertz CT molecular complexity index is 1350. The van der Waals surface area contributed by atoms with Crippen molar-refractivity contribution in [3.05, 3.63) is 105 Å². The van der Waals surface area contributed by atoms with Crippen LogP contribution >= 0.6 is 28.5 Å². The molecule has 1 aliphatic rings. The summed E-state index contributed by atoms with van der Waals surface area (Å²) < 4.78 is 0. The second kappa shape index (κ2) is 10.9. The Labute approximate surface area is 228 Å². The van der Waals surface area contributed by atoms with Crippen LogP contribution in [0, 0.1) is 41.5 Å². The molecule has 0 radical (unpaired) electrons. The molecule has 0 bridgehead atoms. The Kier molecular flexibility index (Phi) is 8.10. The van der Waals surface area contributed by atoms with Gasteiger partial charge in [-0.2, -0.15) is 0 Å². The summed E-state index contributed by atoms with van der Waals surface area (Å²) in [4.78, 5) is 10.6. The van der Waals surface area contributed by atoms with E-state index in [1.165, 1.54) is 66.2 Å². The van der Waals surface area contributed by atoms with E-state index in [1.807, 2.05) is 0 Å². The fraction of sp³-hybridized carbons (Fsp3) is 0.200. The molecule has 0 amide bonds. The quantitative estimate of drug-likeness (QED) is 0.196. The molecule has 0 heterocycles. The predicted molar refractivity (Wildman–Crippen MR) is 156 cm³/mol. The van der Waals surface area contributed by atoms with Gasteiger partial charge in [0.15, 0.2) is 0 Å². The summed E-state index contributed by atoms with van der Waals surface area (Å²) in [6.07, 6.45) is 0. The molecule has 0 fully saturated rings. The Hall–Kier alpha value is -2.07. The van der Waals surface area contributed by atoms with Crippen molar-refractivity contribution < 1.29 is 10.9 Å². The van der Waals surface area contributed by atoms with Crippen LogP contribution < -0.4 is 0 Å². The van der Waals surface area contributed by atoms with Crippen molar-refractivity contribution in [2.24, 2.45) is 9.98 Å². The molecular formula is C30H28Br2N2Ni. The topological polar surface area (TPSA) is 24.7 Å². The van der Waals surface area contributed by atoms with Crippen LogP contribution in [0.5, 0.6) is 0 Å². The van der Waals surface area contributed by atoms with Gasteiger partial charge < -0.3 is 0 Å². The van der Waals surface area contributed by atoms with E-state index in [-0.39, 0.29) is 0 Å². The first-order valence-corrected chi connectivity index (χ1v) is 16.3. The van der Waals surface area contributed by atoms with E-state index in [0.29, 0.717) is 0 Å². The monoisotopic (exact) mass is 632 g/mol. The van der Waals surface area contributed by atoms with Gasteiger partial charge in [-0.15, -0.1) is 0 Å². The number of hydrogen-bond acceptors (Lipinski definition) is 2. The van der Waals surface area contributed by atoms with E-state index >= 15 is 0 Å². The van der Waals surface area contributed by atoms with Gasteiger partial charge in [0.05, 0.1) is 22.8 Å². The molecule has 5 rings (SSSR count). The summed E-state index contributed by atoms with van der Waals surface area (Å²) in [6, 6.07) is 21.8. The van der Waals surface area contributed by atoms with E-state index in [9.17, 15) is 0 Å². The molecule has 0 N–H and O–H groups in total. The summed E-state index contributed by atoms with van der Waals surface area (Å²) in [7, 11) is 1.25. The fourth-order valence-corrected chi connectivity index (χ4v) is 5.14. The van der Waals surface area contributed by atoms with Crippen molar-refractivity contribution in [1.82, 2.24) is 0 Å². The SMILES string of the molecule is Cc1cc(C)c(N=C2C(=Nc3c(C)cc(C)cc3C)c3cccc4cccc2c34)c(C)c1.[Br][Ni][Br]. The Morgan fingerprint density at radius 1 is 0.571 bits per heavy atom. The standard InChI is InChI=1S/C30H28N2.2BrH.Ni/c1-17-13-19(3)27(20(4)14-17)31-29-24-11-7-9-23-10-8-12-25(26(23)24)30(29)32-28-21(5)15-18(2)16-22(28)6;;;/h7-16H,1-6H3;2*1H;/q;;;+2/p-2. The third-order valence-corrected chi connectivity index (χ3v) is 6.36. The van der Waals surface area contributed by atoms with E-state index < -0.39 is 0 Å². The summed E-state index contributed by atoms with van der Waals surface area (Å²) in [5.41, 5.74) is 13.7. The molecule has 35 heavy (non-hydrogen) atoms. The van der Waals surface area contributed by atoms with Gasteiger partial charge in [-0.05, 0) is 69.2 Å². The zero-order valence-electron chi connectivity index (χ0n) is 20.7. The van der Waals surface area contributed by atoms with Gasteiger partial charge >= 0.3 is 39.3 Å². The van der Waals surface area contributed by atoms with Crippen LogP contribution in [0.25, 0.3) is 10.8 Å². The number of aliphatic imine (C=N–C) groups is 2. The number of hydrogen-bond donors (Lipinski definition) is 0. The average Bonchev–Trinajstić information content (AvgIpc) is 3.08. The van der Waals surface area contributed by atoms with Crippen LogP contribution in [0.4, 0.5) is 11.4 Å². The van der Waals surface area contributed by atoms with Crippen LogP contribution in [0.3, 0.4) is 0 Å². The van der Waals surface area contributed by atoms with Crippen molar-refractivity contribution in [2.45, 2.75) is 41.5 Å². The van der Waals surface area contributed by atoms with E-state index in [4.69, 9.17) is 9.98 Å². The summed E-state index contributed by atoms with van der Waals surface area (Å²) >= 11 is 6.00. The summed E-state index contributed by atoms with van der Waals surface area (Å²) in [5, 5.41) is 2.48. The van der Waals surface area contributed by atoms with Crippen molar-refractivity contribution in [2.75, 3.05) is 0 Å². The molecule has 0 aliphatic heterocycles. The fourth-order valence-electron chi connectivity index (χ4n) is 5.14. The molecule has 0 spiro atoms. The minimum absolute atomic E-state index is 0.964. The van der Waals surface area contributed by atoms with Crippen LogP contribution in [0.2, 0.25) is 0 Å². The molecule has 1 aliphatic carbocycles.